The fourth-order valence-electron chi connectivity index (χ4n) is 1.82. The van der Waals surface area contributed by atoms with Crippen molar-refractivity contribution in [3.8, 4) is 0 Å². The van der Waals surface area contributed by atoms with Gasteiger partial charge in [-0.25, -0.2) is 0 Å². The molecule has 0 aliphatic carbocycles. The number of hydrogen-bond acceptors (Lipinski definition) is 3. The summed E-state index contributed by atoms with van der Waals surface area (Å²) in [6.45, 7) is 11.4. The van der Waals surface area contributed by atoms with Gasteiger partial charge in [0.25, 0.3) is 0 Å². The highest BCUT2D eigenvalue weighted by Gasteiger charge is 2.20. The lowest BCUT2D eigenvalue weighted by atomic mass is 9.96. The van der Waals surface area contributed by atoms with E-state index in [0.29, 0.717) is 13.1 Å². The second-order valence-electron chi connectivity index (χ2n) is 6.32. The highest BCUT2D eigenvalue weighted by Crippen LogP contribution is 2.11. The zero-order valence-corrected chi connectivity index (χ0v) is 17.5. The minimum Gasteiger partial charge on any atom is -0.357 e. The lowest BCUT2D eigenvalue weighted by Gasteiger charge is -2.18. The van der Waals surface area contributed by atoms with E-state index < -0.39 is 0 Å². The van der Waals surface area contributed by atoms with Gasteiger partial charge in [0.15, 0.2) is 5.96 Å². The van der Waals surface area contributed by atoms with E-state index in [1.54, 1.807) is 6.20 Å². The Hall–Kier alpha value is -1.32. The standard InChI is InChI=1S/C16H30N6O.HI/c1-5-17-15(19-8-6-12-22-13-7-9-21-22)20-11-10-18-14(23)16(2,3)4;/h7,9,13H,5-6,8,10-12H2,1-4H3,(H,18,23)(H2,17,19,20);1H. The molecule has 1 aromatic rings. The van der Waals surface area contributed by atoms with E-state index in [1.165, 1.54) is 0 Å². The number of carbonyl (C=O) groups is 1. The summed E-state index contributed by atoms with van der Waals surface area (Å²) in [7, 11) is 0. The van der Waals surface area contributed by atoms with Crippen LogP contribution in [-0.4, -0.2) is 47.8 Å². The molecule has 0 aliphatic rings. The highest BCUT2D eigenvalue weighted by atomic mass is 127. The van der Waals surface area contributed by atoms with E-state index in [4.69, 9.17) is 0 Å². The number of halogens is 1. The molecule has 1 heterocycles. The van der Waals surface area contributed by atoms with Crippen LogP contribution >= 0.6 is 24.0 Å². The van der Waals surface area contributed by atoms with E-state index in [1.807, 2.05) is 44.6 Å². The van der Waals surface area contributed by atoms with Crippen molar-refractivity contribution in [3.63, 3.8) is 0 Å². The molecular formula is C16H31IN6O. The molecule has 0 saturated heterocycles. The zero-order valence-electron chi connectivity index (χ0n) is 15.1. The number of aryl methyl sites for hydroxylation is 1. The van der Waals surface area contributed by atoms with Crippen molar-refractivity contribution < 1.29 is 4.79 Å². The SMILES string of the molecule is CCNC(=NCCCn1cccn1)NCCNC(=O)C(C)(C)C.I. The Kier molecular flexibility index (Phi) is 11.4. The van der Waals surface area contributed by atoms with Crippen LogP contribution in [0.2, 0.25) is 0 Å². The second kappa shape index (κ2) is 12.1. The average Bonchev–Trinajstić information content (AvgIpc) is 2.99. The lowest BCUT2D eigenvalue weighted by Crippen LogP contribution is -2.43. The monoisotopic (exact) mass is 450 g/mol. The number of amides is 1. The summed E-state index contributed by atoms with van der Waals surface area (Å²) in [6, 6.07) is 1.92. The number of aliphatic imine (C=N–C) groups is 1. The van der Waals surface area contributed by atoms with Crippen LogP contribution < -0.4 is 16.0 Å². The van der Waals surface area contributed by atoms with Gasteiger partial charge in [0.05, 0.1) is 0 Å². The number of aromatic nitrogens is 2. The van der Waals surface area contributed by atoms with Crippen molar-refractivity contribution in [2.24, 2.45) is 10.4 Å². The maximum Gasteiger partial charge on any atom is 0.225 e. The number of hydrogen-bond donors (Lipinski definition) is 3. The predicted octanol–water partition coefficient (Wildman–Crippen LogP) is 1.61. The molecule has 0 bridgehead atoms. The fourth-order valence-corrected chi connectivity index (χ4v) is 1.82. The van der Waals surface area contributed by atoms with Gasteiger partial charge in [-0.15, -0.1) is 24.0 Å². The molecule has 0 aromatic carbocycles. The molecule has 7 nitrogen and oxygen atoms in total. The molecule has 0 saturated carbocycles. The van der Waals surface area contributed by atoms with Crippen LogP contribution in [-0.2, 0) is 11.3 Å². The van der Waals surface area contributed by atoms with Crippen LogP contribution in [0.15, 0.2) is 23.5 Å². The van der Waals surface area contributed by atoms with Crippen molar-refractivity contribution in [1.82, 2.24) is 25.7 Å². The van der Waals surface area contributed by atoms with Gasteiger partial charge in [-0.1, -0.05) is 20.8 Å². The predicted molar refractivity (Wildman–Crippen MR) is 109 cm³/mol. The highest BCUT2D eigenvalue weighted by molar-refractivity contribution is 14.0. The van der Waals surface area contributed by atoms with Gasteiger partial charge in [0.1, 0.15) is 0 Å². The van der Waals surface area contributed by atoms with Gasteiger partial charge >= 0.3 is 0 Å². The van der Waals surface area contributed by atoms with Crippen LogP contribution in [0, 0.1) is 5.41 Å². The van der Waals surface area contributed by atoms with Gasteiger partial charge in [-0.3, -0.25) is 14.5 Å². The van der Waals surface area contributed by atoms with Gasteiger partial charge in [-0.05, 0) is 19.4 Å². The topological polar surface area (TPSA) is 83.3 Å². The van der Waals surface area contributed by atoms with Crippen molar-refractivity contribution in [3.05, 3.63) is 18.5 Å². The Bertz CT molecular complexity index is 481. The molecule has 138 valence electrons. The summed E-state index contributed by atoms with van der Waals surface area (Å²) in [6.07, 6.45) is 4.66. The van der Waals surface area contributed by atoms with Crippen LogP contribution in [0.5, 0.6) is 0 Å². The van der Waals surface area contributed by atoms with Crippen LogP contribution in [0.3, 0.4) is 0 Å². The zero-order chi connectivity index (χ0) is 17.1. The molecule has 24 heavy (non-hydrogen) atoms. The summed E-state index contributed by atoms with van der Waals surface area (Å²) in [5.74, 6) is 0.832. The molecule has 8 heteroatoms. The van der Waals surface area contributed by atoms with Crippen molar-refractivity contribution in [2.75, 3.05) is 26.2 Å². The largest absolute Gasteiger partial charge is 0.357 e. The third-order valence-electron chi connectivity index (χ3n) is 3.10. The van der Waals surface area contributed by atoms with E-state index in [0.717, 1.165) is 32.0 Å². The van der Waals surface area contributed by atoms with Crippen LogP contribution in [0.4, 0.5) is 0 Å². The van der Waals surface area contributed by atoms with E-state index in [9.17, 15) is 4.79 Å². The summed E-state index contributed by atoms with van der Waals surface area (Å²) in [5.41, 5.74) is -0.356. The first-order valence-corrected chi connectivity index (χ1v) is 8.21. The lowest BCUT2D eigenvalue weighted by molar-refractivity contribution is -0.128. The minimum atomic E-state index is -0.356. The maximum atomic E-state index is 11.8. The quantitative estimate of drug-likeness (QED) is 0.243. The molecule has 1 rings (SSSR count). The third kappa shape index (κ3) is 9.74. The number of carbonyl (C=O) groups excluding carboxylic acids is 1. The van der Waals surface area contributed by atoms with Gasteiger partial charge in [0.2, 0.25) is 5.91 Å². The van der Waals surface area contributed by atoms with Crippen LogP contribution in [0.1, 0.15) is 34.1 Å². The number of nitrogens with zero attached hydrogens (tertiary/aromatic N) is 3. The van der Waals surface area contributed by atoms with Crippen molar-refractivity contribution >= 4 is 35.8 Å². The number of guanidine groups is 1. The molecule has 0 radical (unpaired) electrons. The number of nitrogens with one attached hydrogen (secondary N) is 3. The Morgan fingerprint density at radius 2 is 1.92 bits per heavy atom. The summed E-state index contributed by atoms with van der Waals surface area (Å²) >= 11 is 0. The number of rotatable bonds is 8. The normalized spacial score (nSPS) is 11.6. The Labute approximate surface area is 162 Å². The second-order valence-corrected chi connectivity index (χ2v) is 6.32. The van der Waals surface area contributed by atoms with Gasteiger partial charge in [0, 0.05) is 50.5 Å². The Morgan fingerprint density at radius 1 is 1.21 bits per heavy atom. The molecular weight excluding hydrogens is 419 g/mol. The minimum absolute atomic E-state index is 0. The molecule has 0 spiro atoms. The maximum absolute atomic E-state index is 11.8. The van der Waals surface area contributed by atoms with Gasteiger partial charge < -0.3 is 16.0 Å². The summed E-state index contributed by atoms with van der Waals surface area (Å²) < 4.78 is 1.90. The first-order valence-electron chi connectivity index (χ1n) is 8.21. The summed E-state index contributed by atoms with van der Waals surface area (Å²) in [5, 5.41) is 13.5. The molecule has 0 unspecified atom stereocenters. The van der Waals surface area contributed by atoms with Crippen molar-refractivity contribution in [2.45, 2.75) is 40.7 Å². The smallest absolute Gasteiger partial charge is 0.225 e. The van der Waals surface area contributed by atoms with Crippen LogP contribution in [0.25, 0.3) is 0 Å². The molecule has 0 aliphatic heterocycles. The molecule has 1 aromatic heterocycles. The Balaban J connectivity index is 0.00000529. The van der Waals surface area contributed by atoms with E-state index in [-0.39, 0.29) is 35.3 Å². The first kappa shape index (κ1) is 22.7. The Morgan fingerprint density at radius 3 is 2.50 bits per heavy atom. The molecule has 0 atom stereocenters. The molecule has 0 fully saturated rings. The third-order valence-corrected chi connectivity index (χ3v) is 3.10. The fraction of sp³-hybridized carbons (Fsp3) is 0.688. The van der Waals surface area contributed by atoms with E-state index in [2.05, 4.69) is 26.0 Å². The average molecular weight is 450 g/mol. The van der Waals surface area contributed by atoms with E-state index >= 15 is 0 Å². The molecule has 1 amide bonds. The first-order chi connectivity index (χ1) is 10.9. The van der Waals surface area contributed by atoms with Crippen molar-refractivity contribution in [1.29, 1.82) is 0 Å². The summed E-state index contributed by atoms with van der Waals surface area (Å²) in [4.78, 5) is 16.3. The molecule has 3 N–H and O–H groups in total. The van der Waals surface area contributed by atoms with Gasteiger partial charge in [-0.2, -0.15) is 5.10 Å².